The molecule has 2 aromatic heterocycles. The molecule has 0 aliphatic carbocycles. The van der Waals surface area contributed by atoms with Crippen molar-refractivity contribution in [1.82, 2.24) is 19.7 Å². The molecule has 2 aromatic rings. The van der Waals surface area contributed by atoms with Crippen molar-refractivity contribution >= 4 is 19.7 Å². The summed E-state index contributed by atoms with van der Waals surface area (Å²) in [6.45, 7) is 9.33. The Morgan fingerprint density at radius 3 is 2.24 bits per heavy atom. The Morgan fingerprint density at radius 1 is 1.14 bits per heavy atom. The number of aromatic nitrogens is 4. The maximum absolute atomic E-state index is 11.7. The van der Waals surface area contributed by atoms with E-state index in [2.05, 4.69) is 15.2 Å². The SMILES string of the molecule is Cc1ccc(-c2nnc(S(=O)(=O)Cl)n2C(C)(C)C)c(C)n1. The number of halogens is 1. The van der Waals surface area contributed by atoms with E-state index in [1.807, 2.05) is 46.8 Å². The molecule has 0 saturated carbocycles. The van der Waals surface area contributed by atoms with Crippen LogP contribution in [0, 0.1) is 13.8 Å². The van der Waals surface area contributed by atoms with Gasteiger partial charge in [-0.05, 0) is 46.8 Å². The predicted molar refractivity (Wildman–Crippen MR) is 80.8 cm³/mol. The van der Waals surface area contributed by atoms with Gasteiger partial charge in [-0.2, -0.15) is 0 Å². The highest BCUT2D eigenvalue weighted by atomic mass is 35.7. The van der Waals surface area contributed by atoms with Gasteiger partial charge in [0.1, 0.15) is 0 Å². The Kier molecular flexibility index (Phi) is 3.84. The van der Waals surface area contributed by atoms with Crippen LogP contribution in [0.5, 0.6) is 0 Å². The van der Waals surface area contributed by atoms with Gasteiger partial charge in [0.2, 0.25) is 0 Å². The monoisotopic (exact) mass is 328 g/mol. The van der Waals surface area contributed by atoms with Gasteiger partial charge in [0.15, 0.2) is 5.82 Å². The first-order chi connectivity index (χ1) is 9.51. The van der Waals surface area contributed by atoms with Crippen LogP contribution in [0.4, 0.5) is 0 Å². The zero-order chi connectivity index (χ0) is 16.0. The minimum Gasteiger partial charge on any atom is -0.291 e. The fourth-order valence-corrected chi connectivity index (χ4v) is 3.15. The van der Waals surface area contributed by atoms with Gasteiger partial charge in [0, 0.05) is 33.2 Å². The van der Waals surface area contributed by atoms with E-state index in [1.54, 1.807) is 0 Å². The summed E-state index contributed by atoms with van der Waals surface area (Å²) in [5.74, 6) is 0.437. The molecule has 0 fully saturated rings. The van der Waals surface area contributed by atoms with Crippen molar-refractivity contribution in [2.45, 2.75) is 45.3 Å². The molecule has 6 nitrogen and oxygen atoms in total. The molecule has 0 saturated heterocycles. The van der Waals surface area contributed by atoms with Crippen molar-refractivity contribution < 1.29 is 8.42 Å². The molecule has 2 heterocycles. The van der Waals surface area contributed by atoms with Crippen molar-refractivity contribution in [3.63, 3.8) is 0 Å². The first-order valence-electron chi connectivity index (χ1n) is 6.37. The molecule has 0 aliphatic rings. The van der Waals surface area contributed by atoms with Crippen LogP contribution in [0.25, 0.3) is 11.4 Å². The number of nitrogens with zero attached hydrogens (tertiary/aromatic N) is 4. The number of hydrogen-bond donors (Lipinski definition) is 0. The third-order valence-electron chi connectivity index (χ3n) is 2.99. The van der Waals surface area contributed by atoms with E-state index in [0.717, 1.165) is 17.0 Å². The molecule has 21 heavy (non-hydrogen) atoms. The Bertz CT molecular complexity index is 791. The van der Waals surface area contributed by atoms with Crippen LogP contribution in [0.3, 0.4) is 0 Å². The standard InChI is InChI=1S/C13H17ClN4O2S/c1-8-6-7-10(9(2)15-8)11-16-17-12(21(14,19)20)18(11)13(3,4)5/h6-7H,1-5H3. The summed E-state index contributed by atoms with van der Waals surface area (Å²) in [4.78, 5) is 4.38. The highest BCUT2D eigenvalue weighted by Gasteiger charge is 2.30. The molecule has 0 amide bonds. The molecule has 0 aliphatic heterocycles. The van der Waals surface area contributed by atoms with Crippen LogP contribution >= 0.6 is 10.7 Å². The topological polar surface area (TPSA) is 77.7 Å². The average molecular weight is 329 g/mol. The molecule has 0 radical (unpaired) electrons. The summed E-state index contributed by atoms with van der Waals surface area (Å²) in [6, 6.07) is 3.70. The third-order valence-corrected chi connectivity index (χ3v) is 4.10. The number of rotatable bonds is 2. The van der Waals surface area contributed by atoms with E-state index in [-0.39, 0.29) is 5.16 Å². The average Bonchev–Trinajstić information content (AvgIpc) is 2.72. The summed E-state index contributed by atoms with van der Waals surface area (Å²) in [6.07, 6.45) is 0. The number of hydrogen-bond acceptors (Lipinski definition) is 5. The Hall–Kier alpha value is -1.47. The van der Waals surface area contributed by atoms with Crippen LogP contribution in [-0.4, -0.2) is 28.2 Å². The first kappa shape index (κ1) is 15.9. The van der Waals surface area contributed by atoms with Gasteiger partial charge >= 0.3 is 0 Å². The van der Waals surface area contributed by atoms with Gasteiger partial charge in [0.05, 0.1) is 0 Å². The maximum atomic E-state index is 11.7. The lowest BCUT2D eigenvalue weighted by atomic mass is 10.1. The normalized spacial score (nSPS) is 12.7. The minimum absolute atomic E-state index is 0.258. The maximum Gasteiger partial charge on any atom is 0.296 e. The van der Waals surface area contributed by atoms with Crippen molar-refractivity contribution in [3.05, 3.63) is 23.5 Å². The summed E-state index contributed by atoms with van der Waals surface area (Å²) >= 11 is 0. The Labute approximate surface area is 128 Å². The highest BCUT2D eigenvalue weighted by Crippen LogP contribution is 2.30. The summed E-state index contributed by atoms with van der Waals surface area (Å²) in [5.41, 5.74) is 1.82. The highest BCUT2D eigenvalue weighted by molar-refractivity contribution is 8.13. The van der Waals surface area contributed by atoms with E-state index in [9.17, 15) is 8.42 Å². The zero-order valence-corrected chi connectivity index (χ0v) is 14.1. The first-order valence-corrected chi connectivity index (χ1v) is 8.68. The van der Waals surface area contributed by atoms with Gasteiger partial charge in [0.25, 0.3) is 14.2 Å². The number of aryl methyl sites for hydroxylation is 2. The van der Waals surface area contributed by atoms with E-state index < -0.39 is 14.6 Å². The lowest BCUT2D eigenvalue weighted by Crippen LogP contribution is -2.26. The molecular weight excluding hydrogens is 312 g/mol. The Balaban J connectivity index is 2.80. The molecule has 8 heteroatoms. The van der Waals surface area contributed by atoms with Crippen molar-refractivity contribution in [2.24, 2.45) is 0 Å². The van der Waals surface area contributed by atoms with Crippen molar-refractivity contribution in [3.8, 4) is 11.4 Å². The quantitative estimate of drug-likeness (QED) is 0.792. The van der Waals surface area contributed by atoms with Gasteiger partial charge in [-0.1, -0.05) is 0 Å². The van der Waals surface area contributed by atoms with Crippen molar-refractivity contribution in [2.75, 3.05) is 0 Å². The van der Waals surface area contributed by atoms with Crippen LogP contribution in [0.1, 0.15) is 32.2 Å². The van der Waals surface area contributed by atoms with Crippen LogP contribution in [-0.2, 0) is 14.6 Å². The second kappa shape index (κ2) is 5.06. The summed E-state index contributed by atoms with van der Waals surface area (Å²) in [7, 11) is 1.49. The van der Waals surface area contributed by atoms with E-state index in [4.69, 9.17) is 10.7 Å². The molecular formula is C13H17ClN4O2S. The molecule has 0 spiro atoms. The molecule has 0 unspecified atom stereocenters. The fourth-order valence-electron chi connectivity index (χ4n) is 2.13. The lowest BCUT2D eigenvalue weighted by molar-refractivity contribution is 0.367. The smallest absolute Gasteiger partial charge is 0.291 e. The summed E-state index contributed by atoms with van der Waals surface area (Å²) in [5, 5.41) is 7.52. The molecule has 0 bridgehead atoms. The molecule has 2 rings (SSSR count). The zero-order valence-electron chi connectivity index (χ0n) is 12.5. The largest absolute Gasteiger partial charge is 0.296 e. The van der Waals surface area contributed by atoms with Crippen molar-refractivity contribution in [1.29, 1.82) is 0 Å². The number of pyridine rings is 1. The van der Waals surface area contributed by atoms with Gasteiger partial charge in [-0.15, -0.1) is 10.2 Å². The molecule has 0 aromatic carbocycles. The molecule has 0 N–H and O–H groups in total. The fraction of sp³-hybridized carbons (Fsp3) is 0.462. The van der Waals surface area contributed by atoms with Gasteiger partial charge in [-0.3, -0.25) is 9.55 Å². The van der Waals surface area contributed by atoms with Crippen LogP contribution < -0.4 is 0 Å². The summed E-state index contributed by atoms with van der Waals surface area (Å²) < 4.78 is 24.9. The third kappa shape index (κ3) is 3.08. The molecule has 114 valence electrons. The Morgan fingerprint density at radius 2 is 1.76 bits per heavy atom. The van der Waals surface area contributed by atoms with Crippen LogP contribution in [0.15, 0.2) is 17.3 Å². The van der Waals surface area contributed by atoms with E-state index >= 15 is 0 Å². The molecule has 0 atom stereocenters. The predicted octanol–water partition coefficient (Wildman–Crippen LogP) is 2.64. The van der Waals surface area contributed by atoms with Crippen LogP contribution in [0.2, 0.25) is 0 Å². The lowest BCUT2D eigenvalue weighted by Gasteiger charge is -2.24. The van der Waals surface area contributed by atoms with E-state index in [1.165, 1.54) is 4.57 Å². The van der Waals surface area contributed by atoms with E-state index in [0.29, 0.717) is 5.82 Å². The second-order valence-corrected chi connectivity index (χ2v) is 8.30. The second-order valence-electron chi connectivity index (χ2n) is 5.84. The van der Waals surface area contributed by atoms with Gasteiger partial charge in [-0.25, -0.2) is 8.42 Å². The minimum atomic E-state index is -3.98. The van der Waals surface area contributed by atoms with Gasteiger partial charge < -0.3 is 0 Å².